The zero-order chi connectivity index (χ0) is 7.11. The number of carbonyl (C=O) groups is 1. The molecule has 3 heteroatoms. The fourth-order valence-electron chi connectivity index (χ4n) is 0.427. The number of nitrogens with two attached hydrogens (primary N) is 1. The van der Waals surface area contributed by atoms with Gasteiger partial charge in [0.2, 0.25) is 0 Å². The Balaban J connectivity index is 3.17. The van der Waals surface area contributed by atoms with Crippen LogP contribution in [0.15, 0.2) is 12.2 Å². The lowest BCUT2D eigenvalue weighted by molar-refractivity contribution is -0.144. The lowest BCUT2D eigenvalue weighted by Crippen LogP contribution is -2.08. The Bertz CT molecular complexity index is 110. The van der Waals surface area contributed by atoms with Crippen LogP contribution in [0, 0.1) is 0 Å². The lowest BCUT2D eigenvalue weighted by atomic mass is 10.3. The van der Waals surface area contributed by atoms with Gasteiger partial charge in [0.25, 0.3) is 0 Å². The summed E-state index contributed by atoms with van der Waals surface area (Å²) in [5, 5.41) is 0. The molecule has 0 fully saturated rings. The quantitative estimate of drug-likeness (QED) is 0.452. The van der Waals surface area contributed by atoms with Gasteiger partial charge >= 0.3 is 5.97 Å². The number of carbonyl (C=O) groups excluding carboxylic acids is 1. The SMILES string of the molecule is CC=CCCC(=O)ON. The van der Waals surface area contributed by atoms with E-state index in [1.54, 1.807) is 0 Å². The van der Waals surface area contributed by atoms with Crippen molar-refractivity contribution in [1.82, 2.24) is 0 Å². The Morgan fingerprint density at radius 2 is 2.44 bits per heavy atom. The fraction of sp³-hybridized carbons (Fsp3) is 0.500. The highest BCUT2D eigenvalue weighted by atomic mass is 16.7. The smallest absolute Gasteiger partial charge is 0.324 e. The van der Waals surface area contributed by atoms with Crippen LogP contribution in [0.4, 0.5) is 0 Å². The fourth-order valence-corrected chi connectivity index (χ4v) is 0.427. The minimum Gasteiger partial charge on any atom is -0.373 e. The van der Waals surface area contributed by atoms with Crippen LogP contribution in [0.3, 0.4) is 0 Å². The average Bonchev–Trinajstić information content (AvgIpc) is 1.89. The standard InChI is InChI=1S/C6H11NO2/c1-2-3-4-5-6(8)9-7/h2-3H,4-5,7H2,1H3. The molecule has 3 nitrogen and oxygen atoms in total. The molecule has 52 valence electrons. The third-order valence-electron chi connectivity index (χ3n) is 0.882. The summed E-state index contributed by atoms with van der Waals surface area (Å²) in [6, 6.07) is 0. The summed E-state index contributed by atoms with van der Waals surface area (Å²) in [6.45, 7) is 1.90. The van der Waals surface area contributed by atoms with Crippen LogP contribution in [0.5, 0.6) is 0 Å². The molecular weight excluding hydrogens is 118 g/mol. The summed E-state index contributed by atoms with van der Waals surface area (Å²) in [5.41, 5.74) is 0. The second-order valence-corrected chi connectivity index (χ2v) is 1.60. The Morgan fingerprint density at radius 3 is 2.89 bits per heavy atom. The van der Waals surface area contributed by atoms with Crippen molar-refractivity contribution in [2.45, 2.75) is 19.8 Å². The minimum atomic E-state index is -0.367. The molecule has 0 aliphatic carbocycles. The highest BCUT2D eigenvalue weighted by molar-refractivity contribution is 5.68. The van der Waals surface area contributed by atoms with E-state index in [2.05, 4.69) is 10.7 Å². The van der Waals surface area contributed by atoms with Gasteiger partial charge in [-0.2, -0.15) is 5.90 Å². The van der Waals surface area contributed by atoms with Crippen LogP contribution in [0.25, 0.3) is 0 Å². The molecule has 0 atom stereocenters. The van der Waals surface area contributed by atoms with Crippen LogP contribution >= 0.6 is 0 Å². The molecule has 0 rings (SSSR count). The van der Waals surface area contributed by atoms with Gasteiger partial charge in [-0.25, -0.2) is 0 Å². The van der Waals surface area contributed by atoms with Crippen molar-refractivity contribution < 1.29 is 9.63 Å². The van der Waals surface area contributed by atoms with Gasteiger partial charge in [-0.05, 0) is 13.3 Å². The number of allylic oxidation sites excluding steroid dienone is 2. The third kappa shape index (κ3) is 5.03. The summed E-state index contributed by atoms with van der Waals surface area (Å²) in [5.74, 6) is 4.21. The van der Waals surface area contributed by atoms with Crippen molar-refractivity contribution in [2.75, 3.05) is 0 Å². The molecular formula is C6H11NO2. The normalized spacial score (nSPS) is 10.0. The van der Waals surface area contributed by atoms with Crippen molar-refractivity contribution >= 4 is 5.97 Å². The van der Waals surface area contributed by atoms with Crippen molar-refractivity contribution in [3.05, 3.63) is 12.2 Å². The summed E-state index contributed by atoms with van der Waals surface area (Å²) in [4.78, 5) is 14.2. The third-order valence-corrected chi connectivity index (χ3v) is 0.882. The Labute approximate surface area is 54.4 Å². The molecule has 0 aromatic heterocycles. The van der Waals surface area contributed by atoms with E-state index in [1.165, 1.54) is 0 Å². The van der Waals surface area contributed by atoms with Crippen LogP contribution in [0.1, 0.15) is 19.8 Å². The van der Waals surface area contributed by atoms with E-state index in [0.717, 1.165) is 0 Å². The van der Waals surface area contributed by atoms with Crippen molar-refractivity contribution in [2.24, 2.45) is 5.90 Å². The maximum Gasteiger partial charge on any atom is 0.324 e. The van der Waals surface area contributed by atoms with Gasteiger partial charge in [0, 0.05) is 0 Å². The first-order valence-electron chi connectivity index (χ1n) is 2.82. The molecule has 0 aliphatic rings. The maximum absolute atomic E-state index is 10.3. The molecule has 2 N–H and O–H groups in total. The summed E-state index contributed by atoms with van der Waals surface area (Å²) in [7, 11) is 0. The zero-order valence-electron chi connectivity index (χ0n) is 5.46. The van der Waals surface area contributed by atoms with Gasteiger partial charge in [-0.1, -0.05) is 12.2 Å². The van der Waals surface area contributed by atoms with Crippen molar-refractivity contribution in [1.29, 1.82) is 0 Å². The molecule has 0 spiro atoms. The number of hydrogen-bond donors (Lipinski definition) is 1. The molecule has 0 unspecified atom stereocenters. The van der Waals surface area contributed by atoms with Crippen LogP contribution < -0.4 is 5.90 Å². The van der Waals surface area contributed by atoms with E-state index in [9.17, 15) is 4.79 Å². The highest BCUT2D eigenvalue weighted by Gasteiger charge is 1.95. The molecule has 9 heavy (non-hydrogen) atoms. The summed E-state index contributed by atoms with van der Waals surface area (Å²) < 4.78 is 0. The number of rotatable bonds is 3. The van der Waals surface area contributed by atoms with Gasteiger partial charge in [0.05, 0.1) is 6.42 Å². The Morgan fingerprint density at radius 1 is 1.78 bits per heavy atom. The summed E-state index contributed by atoms with van der Waals surface area (Å²) in [6.07, 6.45) is 4.83. The second-order valence-electron chi connectivity index (χ2n) is 1.60. The minimum absolute atomic E-state index is 0.362. The molecule has 0 aromatic carbocycles. The van der Waals surface area contributed by atoms with E-state index < -0.39 is 0 Å². The first kappa shape index (κ1) is 8.17. The monoisotopic (exact) mass is 129 g/mol. The lowest BCUT2D eigenvalue weighted by Gasteiger charge is -1.91. The molecule has 0 amide bonds. The highest BCUT2D eigenvalue weighted by Crippen LogP contribution is 1.91. The molecule has 0 heterocycles. The van der Waals surface area contributed by atoms with Crippen LogP contribution in [-0.4, -0.2) is 5.97 Å². The molecule has 0 saturated heterocycles. The van der Waals surface area contributed by atoms with Gasteiger partial charge in [-0.15, -0.1) is 0 Å². The average molecular weight is 129 g/mol. The second kappa shape index (κ2) is 5.31. The first-order valence-corrected chi connectivity index (χ1v) is 2.82. The maximum atomic E-state index is 10.3. The van der Waals surface area contributed by atoms with Gasteiger partial charge < -0.3 is 4.84 Å². The van der Waals surface area contributed by atoms with E-state index in [0.29, 0.717) is 12.8 Å². The molecule has 0 aromatic rings. The molecule has 0 saturated carbocycles. The molecule has 0 aliphatic heterocycles. The van der Waals surface area contributed by atoms with Gasteiger partial charge in [0.1, 0.15) is 0 Å². The van der Waals surface area contributed by atoms with Gasteiger partial charge in [-0.3, -0.25) is 4.79 Å². The van der Waals surface area contributed by atoms with E-state index >= 15 is 0 Å². The predicted molar refractivity (Wildman–Crippen MR) is 34.3 cm³/mol. The Kier molecular flexibility index (Phi) is 4.82. The zero-order valence-corrected chi connectivity index (χ0v) is 5.46. The van der Waals surface area contributed by atoms with Crippen molar-refractivity contribution in [3.8, 4) is 0 Å². The molecule has 0 radical (unpaired) electrons. The number of hydrogen-bond acceptors (Lipinski definition) is 3. The van der Waals surface area contributed by atoms with Crippen LogP contribution in [0.2, 0.25) is 0 Å². The van der Waals surface area contributed by atoms with Crippen molar-refractivity contribution in [3.63, 3.8) is 0 Å². The largest absolute Gasteiger partial charge is 0.373 e. The first-order chi connectivity index (χ1) is 4.31. The van der Waals surface area contributed by atoms with E-state index in [4.69, 9.17) is 0 Å². The van der Waals surface area contributed by atoms with E-state index in [-0.39, 0.29) is 5.97 Å². The molecule has 0 bridgehead atoms. The summed E-state index contributed by atoms with van der Waals surface area (Å²) >= 11 is 0. The topological polar surface area (TPSA) is 52.3 Å². The Hall–Kier alpha value is -0.830. The van der Waals surface area contributed by atoms with E-state index in [1.807, 2.05) is 19.1 Å². The van der Waals surface area contributed by atoms with Crippen LogP contribution in [-0.2, 0) is 9.63 Å². The predicted octanol–water partition coefficient (Wildman–Crippen LogP) is 0.760. The van der Waals surface area contributed by atoms with Gasteiger partial charge in [0.15, 0.2) is 0 Å².